The molecule has 1 fully saturated rings. The summed E-state index contributed by atoms with van der Waals surface area (Å²) in [6.45, 7) is 3.39. The summed E-state index contributed by atoms with van der Waals surface area (Å²) >= 11 is 0. The predicted octanol–water partition coefficient (Wildman–Crippen LogP) is 2.18. The number of carbonyl (C=O) groups excluding carboxylic acids is 1. The first-order valence-electron chi connectivity index (χ1n) is 6.78. The molecule has 0 aliphatic heterocycles. The van der Waals surface area contributed by atoms with Gasteiger partial charge in [-0.1, -0.05) is 19.1 Å². The van der Waals surface area contributed by atoms with Crippen LogP contribution in [0, 0.1) is 11.8 Å². The van der Waals surface area contributed by atoms with E-state index in [1.165, 1.54) is 6.42 Å². The van der Waals surface area contributed by atoms with E-state index < -0.39 is 5.97 Å². The molecule has 0 saturated heterocycles. The van der Waals surface area contributed by atoms with E-state index in [0.29, 0.717) is 12.5 Å². The summed E-state index contributed by atoms with van der Waals surface area (Å²) in [4.78, 5) is 24.2. The lowest BCUT2D eigenvalue weighted by Crippen LogP contribution is -2.37. The Labute approximate surface area is 118 Å². The normalized spacial score (nSPS) is 20.3. The molecule has 5 nitrogen and oxygen atoms in total. The fourth-order valence-electron chi connectivity index (χ4n) is 2.14. The second kappa shape index (κ2) is 5.94. The fourth-order valence-corrected chi connectivity index (χ4v) is 2.14. The first-order valence-corrected chi connectivity index (χ1v) is 6.78. The van der Waals surface area contributed by atoms with E-state index in [1.807, 2.05) is 0 Å². The van der Waals surface area contributed by atoms with Gasteiger partial charge in [0.15, 0.2) is 0 Å². The van der Waals surface area contributed by atoms with Crippen LogP contribution < -0.4 is 5.32 Å². The molecule has 1 aliphatic rings. The SMILES string of the molecule is CC1CC1CNC(=O)N(C)Cc1ccc(C(=O)O)cc1. The topological polar surface area (TPSA) is 69.6 Å². The van der Waals surface area contributed by atoms with E-state index in [-0.39, 0.29) is 11.6 Å². The highest BCUT2D eigenvalue weighted by molar-refractivity contribution is 5.87. The van der Waals surface area contributed by atoms with E-state index in [9.17, 15) is 9.59 Å². The molecule has 1 aromatic carbocycles. The van der Waals surface area contributed by atoms with E-state index in [2.05, 4.69) is 12.2 Å². The minimum absolute atomic E-state index is 0.0913. The predicted molar refractivity (Wildman–Crippen MR) is 75.5 cm³/mol. The van der Waals surface area contributed by atoms with Crippen molar-refractivity contribution in [1.82, 2.24) is 10.2 Å². The number of nitrogens with one attached hydrogen (secondary N) is 1. The minimum Gasteiger partial charge on any atom is -0.478 e. The quantitative estimate of drug-likeness (QED) is 0.866. The number of urea groups is 1. The highest BCUT2D eigenvalue weighted by Crippen LogP contribution is 2.36. The van der Waals surface area contributed by atoms with Gasteiger partial charge in [0.05, 0.1) is 5.56 Å². The number of nitrogens with zero attached hydrogens (tertiary/aromatic N) is 1. The van der Waals surface area contributed by atoms with Crippen molar-refractivity contribution >= 4 is 12.0 Å². The highest BCUT2D eigenvalue weighted by Gasteiger charge is 2.32. The minimum atomic E-state index is -0.943. The highest BCUT2D eigenvalue weighted by atomic mass is 16.4. The maximum Gasteiger partial charge on any atom is 0.335 e. The van der Waals surface area contributed by atoms with E-state index in [4.69, 9.17) is 5.11 Å². The van der Waals surface area contributed by atoms with Crippen molar-refractivity contribution in [3.05, 3.63) is 35.4 Å². The third-order valence-electron chi connectivity index (χ3n) is 3.76. The van der Waals surface area contributed by atoms with Crippen LogP contribution in [0.5, 0.6) is 0 Å². The van der Waals surface area contributed by atoms with Crippen molar-refractivity contribution < 1.29 is 14.7 Å². The first-order chi connectivity index (χ1) is 9.47. The van der Waals surface area contributed by atoms with Crippen LogP contribution in [0.1, 0.15) is 29.3 Å². The van der Waals surface area contributed by atoms with Crippen molar-refractivity contribution in [1.29, 1.82) is 0 Å². The van der Waals surface area contributed by atoms with Gasteiger partial charge >= 0.3 is 12.0 Å². The number of amides is 2. The molecular weight excluding hydrogens is 256 g/mol. The second-order valence-electron chi connectivity index (χ2n) is 5.52. The van der Waals surface area contributed by atoms with Crippen molar-refractivity contribution in [2.24, 2.45) is 11.8 Å². The van der Waals surface area contributed by atoms with Crippen LogP contribution in [0.2, 0.25) is 0 Å². The van der Waals surface area contributed by atoms with Crippen molar-refractivity contribution in [3.63, 3.8) is 0 Å². The zero-order valence-corrected chi connectivity index (χ0v) is 11.8. The van der Waals surface area contributed by atoms with Crippen LogP contribution in [-0.2, 0) is 6.54 Å². The standard InChI is InChI=1S/C15H20N2O3/c1-10-7-13(10)8-16-15(20)17(2)9-11-3-5-12(6-4-11)14(18)19/h3-6,10,13H,7-9H2,1-2H3,(H,16,20)(H,18,19). The van der Waals surface area contributed by atoms with Crippen LogP contribution in [0.15, 0.2) is 24.3 Å². The average Bonchev–Trinajstić information content (AvgIpc) is 3.12. The second-order valence-corrected chi connectivity index (χ2v) is 5.52. The lowest BCUT2D eigenvalue weighted by atomic mass is 10.1. The van der Waals surface area contributed by atoms with Crippen molar-refractivity contribution in [2.45, 2.75) is 19.9 Å². The molecule has 2 unspecified atom stereocenters. The number of hydrogen-bond donors (Lipinski definition) is 2. The lowest BCUT2D eigenvalue weighted by molar-refractivity contribution is 0.0697. The molecule has 2 rings (SSSR count). The van der Waals surface area contributed by atoms with Crippen molar-refractivity contribution in [2.75, 3.05) is 13.6 Å². The van der Waals surface area contributed by atoms with Gasteiger partial charge in [-0.3, -0.25) is 0 Å². The molecule has 0 radical (unpaired) electrons. The van der Waals surface area contributed by atoms with Gasteiger partial charge in [0, 0.05) is 20.1 Å². The largest absolute Gasteiger partial charge is 0.478 e. The Morgan fingerprint density at radius 3 is 2.45 bits per heavy atom. The molecule has 20 heavy (non-hydrogen) atoms. The monoisotopic (exact) mass is 276 g/mol. The molecule has 1 saturated carbocycles. The maximum absolute atomic E-state index is 11.9. The molecule has 0 spiro atoms. The first kappa shape index (κ1) is 14.4. The van der Waals surface area contributed by atoms with Crippen LogP contribution in [-0.4, -0.2) is 35.6 Å². The summed E-state index contributed by atoms with van der Waals surface area (Å²) in [5, 5.41) is 11.7. The maximum atomic E-state index is 11.9. The molecule has 0 bridgehead atoms. The third kappa shape index (κ3) is 3.73. The van der Waals surface area contributed by atoms with Gasteiger partial charge < -0.3 is 15.3 Å². The zero-order chi connectivity index (χ0) is 14.7. The van der Waals surface area contributed by atoms with Crippen molar-refractivity contribution in [3.8, 4) is 0 Å². The smallest absolute Gasteiger partial charge is 0.335 e. The Bertz CT molecular complexity index is 498. The number of carbonyl (C=O) groups is 2. The summed E-state index contributed by atoms with van der Waals surface area (Å²) in [5.74, 6) is 0.410. The summed E-state index contributed by atoms with van der Waals surface area (Å²) in [6, 6.07) is 6.48. The Morgan fingerprint density at radius 2 is 1.95 bits per heavy atom. The molecule has 0 heterocycles. The number of hydrogen-bond acceptors (Lipinski definition) is 2. The van der Waals surface area contributed by atoms with E-state index in [0.717, 1.165) is 18.0 Å². The average molecular weight is 276 g/mol. The summed E-state index contributed by atoms with van der Waals surface area (Å²) < 4.78 is 0. The Kier molecular flexibility index (Phi) is 4.27. The molecule has 0 aromatic heterocycles. The van der Waals surface area contributed by atoms with Gasteiger partial charge in [0.25, 0.3) is 0 Å². The Morgan fingerprint density at radius 1 is 1.35 bits per heavy atom. The number of aromatic carboxylic acids is 1. The van der Waals surface area contributed by atoms with E-state index in [1.54, 1.807) is 36.2 Å². The molecule has 2 N–H and O–H groups in total. The van der Waals surface area contributed by atoms with Gasteiger partial charge in [-0.25, -0.2) is 9.59 Å². The molecule has 5 heteroatoms. The number of rotatable bonds is 5. The van der Waals surface area contributed by atoms with Gasteiger partial charge in [0.1, 0.15) is 0 Å². The number of benzene rings is 1. The zero-order valence-electron chi connectivity index (χ0n) is 11.8. The molecule has 2 atom stereocenters. The van der Waals surface area contributed by atoms with Gasteiger partial charge in [0.2, 0.25) is 0 Å². The summed E-state index contributed by atoms with van der Waals surface area (Å²) in [7, 11) is 1.73. The Hall–Kier alpha value is -2.04. The molecular formula is C15H20N2O3. The number of carboxylic acids is 1. The third-order valence-corrected chi connectivity index (χ3v) is 3.76. The van der Waals surface area contributed by atoms with E-state index >= 15 is 0 Å². The summed E-state index contributed by atoms with van der Waals surface area (Å²) in [6.07, 6.45) is 1.20. The molecule has 2 amide bonds. The fraction of sp³-hybridized carbons (Fsp3) is 0.467. The Balaban J connectivity index is 1.81. The van der Waals surface area contributed by atoms with Gasteiger partial charge in [-0.05, 0) is 36.0 Å². The molecule has 1 aliphatic carbocycles. The molecule has 1 aromatic rings. The van der Waals surface area contributed by atoms with Crippen LogP contribution in [0.25, 0.3) is 0 Å². The van der Waals surface area contributed by atoms with Crippen LogP contribution in [0.3, 0.4) is 0 Å². The number of carboxylic acid groups (broad SMARTS) is 1. The lowest BCUT2D eigenvalue weighted by Gasteiger charge is -2.18. The van der Waals surface area contributed by atoms with Gasteiger partial charge in [-0.2, -0.15) is 0 Å². The molecule has 108 valence electrons. The van der Waals surface area contributed by atoms with Crippen LogP contribution >= 0.6 is 0 Å². The van der Waals surface area contributed by atoms with Crippen LogP contribution in [0.4, 0.5) is 4.79 Å². The van der Waals surface area contributed by atoms with Gasteiger partial charge in [-0.15, -0.1) is 0 Å². The summed E-state index contributed by atoms with van der Waals surface area (Å²) in [5.41, 5.74) is 1.16.